The molecule has 0 saturated heterocycles. The van der Waals surface area contributed by atoms with Gasteiger partial charge in [-0.3, -0.25) is 0 Å². The zero-order valence-electron chi connectivity index (χ0n) is 8.23. The second-order valence-electron chi connectivity index (χ2n) is 3.72. The number of halogens is 1. The number of hydrogen-bond donors (Lipinski definition) is 1. The Hall–Kier alpha value is 0.644. The Labute approximate surface area is 76.5 Å². The average Bonchev–Trinajstić information content (AvgIpc) is 1.59. The van der Waals surface area contributed by atoms with E-state index in [1.165, 1.54) is 7.11 Å². The van der Waals surface area contributed by atoms with Gasteiger partial charge in [-0.05, 0) is 13.1 Å². The van der Waals surface area contributed by atoms with Gasteiger partial charge < -0.3 is 9.22 Å². The smallest absolute Gasteiger partial charge is 0.328 e. The van der Waals surface area contributed by atoms with Crippen molar-refractivity contribution in [1.29, 1.82) is 0 Å². The van der Waals surface area contributed by atoms with Gasteiger partial charge in [0.25, 0.3) is 0 Å². The second kappa shape index (κ2) is 5.32. The van der Waals surface area contributed by atoms with Crippen LogP contribution in [0.1, 0.15) is 0 Å². The van der Waals surface area contributed by atoms with E-state index in [1.807, 2.05) is 0 Å². The molecule has 0 spiro atoms. The molecular weight excluding hydrogens is 196 g/mol. The summed E-state index contributed by atoms with van der Waals surface area (Å²) < 4.78 is 4.63. The number of hydrogen-bond acceptors (Lipinski definition) is 2. The predicted octanol–water partition coefficient (Wildman–Crippen LogP) is 2.39. The van der Waals surface area contributed by atoms with Crippen molar-refractivity contribution in [2.24, 2.45) is 0 Å². The summed E-state index contributed by atoms with van der Waals surface area (Å²) in [6, 6.07) is 0. The van der Waals surface area contributed by atoms with Crippen LogP contribution in [0.3, 0.4) is 0 Å². The highest BCUT2D eigenvalue weighted by molar-refractivity contribution is 7.18. The van der Waals surface area contributed by atoms with Gasteiger partial charge in [0, 0.05) is 7.11 Å². The minimum absolute atomic E-state index is 1.14. The van der Waals surface area contributed by atoms with Crippen molar-refractivity contribution in [2.45, 2.75) is 32.7 Å². The van der Waals surface area contributed by atoms with Gasteiger partial charge in [0.05, 0.1) is 0 Å². The van der Waals surface area contributed by atoms with Crippen LogP contribution in [0, 0.1) is 0 Å². The Morgan fingerprint density at radius 2 is 1.18 bits per heavy atom. The molecule has 0 fully saturated rings. The fraction of sp³-hybridized carbons (Fsp3) is 1.00. The molecule has 0 aromatic rings. The average molecular weight is 215 g/mol. The van der Waals surface area contributed by atoms with Crippen molar-refractivity contribution in [3.8, 4) is 0 Å². The molecule has 0 aliphatic heterocycles. The summed E-state index contributed by atoms with van der Waals surface area (Å²) in [6.45, 7) is 9.71. The molecule has 1 N–H and O–H groups in total. The zero-order valence-corrected chi connectivity index (χ0v) is 11.0. The molecule has 0 heterocycles. The molecule has 0 aromatic heterocycles. The lowest BCUT2D eigenvalue weighted by atomic mass is 11.8. The third-order valence-electron chi connectivity index (χ3n) is 0.500. The summed E-state index contributed by atoms with van der Waals surface area (Å²) in [5, 5.41) is 0. The van der Waals surface area contributed by atoms with Crippen molar-refractivity contribution in [3.63, 3.8) is 0 Å². The maximum atomic E-state index is 8.74. The predicted molar refractivity (Wildman–Crippen MR) is 55.9 cm³/mol. The molecule has 0 saturated carbocycles. The molecule has 2 nitrogen and oxygen atoms in total. The Bertz CT molecular complexity index is 89.7. The third kappa shape index (κ3) is 59.9. The third-order valence-corrected chi connectivity index (χ3v) is 1.50. The van der Waals surface area contributed by atoms with E-state index in [9.17, 15) is 0 Å². The van der Waals surface area contributed by atoms with E-state index in [0.717, 1.165) is 0 Å². The van der Waals surface area contributed by atoms with Crippen LogP contribution in [0.25, 0.3) is 0 Å². The first-order valence-electron chi connectivity index (χ1n) is 3.52. The van der Waals surface area contributed by atoms with Crippen molar-refractivity contribution >= 4 is 27.0 Å². The summed E-state index contributed by atoms with van der Waals surface area (Å²) in [5.41, 5.74) is 0. The van der Waals surface area contributed by atoms with Gasteiger partial charge in [0.2, 0.25) is 0 Å². The topological polar surface area (TPSA) is 29.5 Å². The molecule has 5 heteroatoms. The van der Waals surface area contributed by atoms with Crippen LogP contribution in [0.4, 0.5) is 0 Å². The first-order valence-corrected chi connectivity index (χ1v) is 10.9. The van der Waals surface area contributed by atoms with E-state index < -0.39 is 15.9 Å². The highest BCUT2D eigenvalue weighted by atomic mass is 35.6. The minimum atomic E-state index is -2.13. The Morgan fingerprint density at radius 3 is 1.18 bits per heavy atom. The maximum absolute atomic E-state index is 8.74. The first-order chi connectivity index (χ1) is 4.56. The quantitative estimate of drug-likeness (QED) is 0.537. The molecule has 0 radical (unpaired) electrons. The monoisotopic (exact) mass is 214 g/mol. The summed E-state index contributed by atoms with van der Waals surface area (Å²) in [5.74, 6) is 0. The lowest BCUT2D eigenvalue weighted by Gasteiger charge is -2.08. The van der Waals surface area contributed by atoms with Gasteiger partial charge in [-0.2, -0.15) is 11.1 Å². The van der Waals surface area contributed by atoms with E-state index in [2.05, 4.69) is 24.1 Å². The van der Waals surface area contributed by atoms with Crippen LogP contribution < -0.4 is 0 Å². The lowest BCUT2D eigenvalue weighted by molar-refractivity contribution is 0.305. The van der Waals surface area contributed by atoms with Crippen molar-refractivity contribution in [2.75, 3.05) is 7.11 Å². The van der Waals surface area contributed by atoms with E-state index in [4.69, 9.17) is 15.9 Å². The van der Waals surface area contributed by atoms with Gasteiger partial charge in [-0.25, -0.2) is 0 Å². The van der Waals surface area contributed by atoms with Crippen LogP contribution in [0.5, 0.6) is 0 Å². The Kier molecular flexibility index (Phi) is 6.86. The minimum Gasteiger partial charge on any atom is -0.411 e. The fourth-order valence-corrected chi connectivity index (χ4v) is 0. The largest absolute Gasteiger partial charge is 0.411 e. The molecule has 0 unspecified atom stereocenters. The van der Waals surface area contributed by atoms with E-state index in [-0.39, 0.29) is 0 Å². The van der Waals surface area contributed by atoms with Crippen molar-refractivity contribution in [3.05, 3.63) is 0 Å². The molecule has 0 atom stereocenters. The molecule has 11 heavy (non-hydrogen) atoms. The molecule has 0 bridgehead atoms. The van der Waals surface area contributed by atoms with E-state index >= 15 is 0 Å². The molecule has 0 amide bonds. The number of rotatable bonds is 1. The zero-order chi connectivity index (χ0) is 9.71. The van der Waals surface area contributed by atoms with Crippen LogP contribution in [0.2, 0.25) is 32.7 Å². The van der Waals surface area contributed by atoms with Crippen LogP contribution in [-0.4, -0.2) is 27.9 Å². The highest BCUT2D eigenvalue weighted by Gasteiger charge is 2.14. The van der Waals surface area contributed by atoms with Gasteiger partial charge in [0.15, 0.2) is 0 Å². The molecular formula is C6H19ClO2Si2. The molecule has 0 aliphatic rings. The second-order valence-corrected chi connectivity index (χ2v) is 14.6. The Balaban J connectivity index is 0. The van der Waals surface area contributed by atoms with Crippen LogP contribution >= 0.6 is 11.1 Å². The van der Waals surface area contributed by atoms with Gasteiger partial charge in [-0.15, -0.1) is 0 Å². The molecule has 0 rings (SSSR count). The summed E-state index contributed by atoms with van der Waals surface area (Å²) >= 11 is 5.67. The summed E-state index contributed by atoms with van der Waals surface area (Å²) in [4.78, 5) is 8.74. The van der Waals surface area contributed by atoms with Crippen LogP contribution in [-0.2, 0) is 4.43 Å². The first kappa shape index (κ1) is 14.2. The lowest BCUT2D eigenvalue weighted by Crippen LogP contribution is -2.27. The molecule has 70 valence electrons. The summed E-state index contributed by atoms with van der Waals surface area (Å²) in [6.07, 6.45) is 0. The van der Waals surface area contributed by atoms with Crippen LogP contribution in [0.15, 0.2) is 0 Å². The van der Waals surface area contributed by atoms with Crippen molar-refractivity contribution < 1.29 is 9.22 Å². The van der Waals surface area contributed by atoms with E-state index in [0.29, 0.717) is 0 Å². The van der Waals surface area contributed by atoms with Gasteiger partial charge in [-0.1, -0.05) is 19.6 Å². The SMILES string of the molecule is CO[Si](C)(C)O.C[Si](C)(C)Cl. The normalized spacial score (nSPS) is 12.0. The molecule has 0 aromatic carbocycles. The van der Waals surface area contributed by atoms with Gasteiger partial charge in [0.1, 0.15) is 7.38 Å². The summed E-state index contributed by atoms with van der Waals surface area (Å²) in [7, 11) is -1.75. The van der Waals surface area contributed by atoms with E-state index in [1.54, 1.807) is 13.1 Å². The highest BCUT2D eigenvalue weighted by Crippen LogP contribution is 2.03. The van der Waals surface area contributed by atoms with Gasteiger partial charge >= 0.3 is 8.56 Å². The van der Waals surface area contributed by atoms with Crippen molar-refractivity contribution in [1.82, 2.24) is 0 Å². The molecule has 0 aliphatic carbocycles. The fourth-order valence-electron chi connectivity index (χ4n) is 0. The maximum Gasteiger partial charge on any atom is 0.328 e. The standard InChI is InChI=1S/C3H9ClSi.C3H10O2Si/c1-5(2,3)4;1-5-6(2,3)4/h1-3H3;4H,1-3H3. The Morgan fingerprint density at radius 1 is 1.09 bits per heavy atom.